The van der Waals surface area contributed by atoms with Crippen molar-refractivity contribution in [2.45, 2.75) is 58.0 Å². The molecule has 1 aliphatic rings. The molecule has 1 atom stereocenters. The summed E-state index contributed by atoms with van der Waals surface area (Å²) in [5.74, 6) is 0.923. The minimum Gasteiger partial charge on any atom is -0.395 e. The van der Waals surface area contributed by atoms with Crippen LogP contribution in [0, 0.1) is 5.92 Å². The molecule has 1 unspecified atom stereocenters. The van der Waals surface area contributed by atoms with Gasteiger partial charge in [-0.05, 0) is 58.2 Å². The van der Waals surface area contributed by atoms with Crippen molar-refractivity contribution in [3.8, 4) is 0 Å². The van der Waals surface area contributed by atoms with Crippen LogP contribution >= 0.6 is 0 Å². The lowest BCUT2D eigenvalue weighted by molar-refractivity contribution is 0.154. The first kappa shape index (κ1) is 14.9. The number of likely N-dealkylation sites (N-methyl/N-ethyl adjacent to an activating group) is 1. The summed E-state index contributed by atoms with van der Waals surface area (Å²) >= 11 is 0. The maximum Gasteiger partial charge on any atom is 0.0585 e. The van der Waals surface area contributed by atoms with Crippen molar-refractivity contribution >= 4 is 0 Å². The van der Waals surface area contributed by atoms with Crippen LogP contribution in [0.2, 0.25) is 0 Å². The van der Waals surface area contributed by atoms with Crippen molar-refractivity contribution in [1.82, 2.24) is 10.2 Å². The first-order chi connectivity index (χ1) is 8.17. The molecule has 2 N–H and O–H groups in total. The Bertz CT molecular complexity index is 191. The third kappa shape index (κ3) is 5.36. The summed E-state index contributed by atoms with van der Waals surface area (Å²) in [6, 6.07) is 1.04. The fourth-order valence-electron chi connectivity index (χ4n) is 2.77. The first-order valence-electron chi connectivity index (χ1n) is 7.21. The van der Waals surface area contributed by atoms with Crippen molar-refractivity contribution in [2.24, 2.45) is 5.92 Å². The van der Waals surface area contributed by atoms with E-state index in [1.165, 1.54) is 25.7 Å². The standard InChI is InChI=1S/C14H30N2O/c1-4-15-13(11-17)9-10-16(3)14-7-5-12(2)6-8-14/h12-15,17H,4-11H2,1-3H3. The Kier molecular flexibility index (Phi) is 7.09. The van der Waals surface area contributed by atoms with E-state index < -0.39 is 0 Å². The van der Waals surface area contributed by atoms with Gasteiger partial charge < -0.3 is 15.3 Å². The van der Waals surface area contributed by atoms with Crippen molar-refractivity contribution in [3.05, 3.63) is 0 Å². The molecule has 0 bridgehead atoms. The molecule has 1 fully saturated rings. The molecule has 0 amide bonds. The minimum absolute atomic E-state index is 0.253. The van der Waals surface area contributed by atoms with Crippen molar-refractivity contribution in [3.63, 3.8) is 0 Å². The molecule has 0 heterocycles. The summed E-state index contributed by atoms with van der Waals surface area (Å²) in [5, 5.41) is 12.6. The Labute approximate surface area is 107 Å². The molecule has 102 valence electrons. The van der Waals surface area contributed by atoms with Gasteiger partial charge in [-0.2, -0.15) is 0 Å². The van der Waals surface area contributed by atoms with Crippen LogP contribution in [0.3, 0.4) is 0 Å². The Morgan fingerprint density at radius 2 is 1.94 bits per heavy atom. The predicted octanol–water partition coefficient (Wildman–Crippen LogP) is 1.86. The van der Waals surface area contributed by atoms with E-state index in [-0.39, 0.29) is 12.6 Å². The largest absolute Gasteiger partial charge is 0.395 e. The number of hydrogen-bond donors (Lipinski definition) is 2. The quantitative estimate of drug-likeness (QED) is 0.715. The maximum absolute atomic E-state index is 9.23. The average molecular weight is 242 g/mol. The lowest BCUT2D eigenvalue weighted by Crippen LogP contribution is -2.40. The molecule has 3 nitrogen and oxygen atoms in total. The van der Waals surface area contributed by atoms with Gasteiger partial charge in [0.2, 0.25) is 0 Å². The van der Waals surface area contributed by atoms with Gasteiger partial charge in [-0.25, -0.2) is 0 Å². The molecule has 1 rings (SSSR count). The summed E-state index contributed by atoms with van der Waals surface area (Å²) in [6.45, 7) is 6.74. The molecule has 0 radical (unpaired) electrons. The summed E-state index contributed by atoms with van der Waals surface area (Å²) < 4.78 is 0. The molecule has 0 spiro atoms. The number of rotatable bonds is 7. The van der Waals surface area contributed by atoms with Gasteiger partial charge in [0.1, 0.15) is 0 Å². The van der Waals surface area contributed by atoms with E-state index in [2.05, 4.69) is 31.1 Å². The molecule has 0 aromatic carbocycles. The highest BCUT2D eigenvalue weighted by atomic mass is 16.3. The predicted molar refractivity (Wildman–Crippen MR) is 73.2 cm³/mol. The smallest absolute Gasteiger partial charge is 0.0585 e. The van der Waals surface area contributed by atoms with Crippen molar-refractivity contribution < 1.29 is 5.11 Å². The zero-order valence-electron chi connectivity index (χ0n) is 11.8. The molecule has 0 aromatic rings. The topological polar surface area (TPSA) is 35.5 Å². The molecular formula is C14H30N2O. The van der Waals surface area contributed by atoms with E-state index in [0.29, 0.717) is 0 Å². The summed E-state index contributed by atoms with van der Waals surface area (Å²) in [6.07, 6.45) is 6.51. The highest BCUT2D eigenvalue weighted by molar-refractivity contribution is 4.77. The van der Waals surface area contributed by atoms with Crippen LogP contribution in [-0.2, 0) is 0 Å². The normalized spacial score (nSPS) is 27.4. The lowest BCUT2D eigenvalue weighted by atomic mass is 9.86. The third-order valence-corrected chi connectivity index (χ3v) is 4.15. The molecule has 1 saturated carbocycles. The molecular weight excluding hydrogens is 212 g/mol. The van der Waals surface area contributed by atoms with Crippen LogP contribution in [0.1, 0.15) is 46.0 Å². The number of nitrogens with zero attached hydrogens (tertiary/aromatic N) is 1. The van der Waals surface area contributed by atoms with Crippen LogP contribution in [0.15, 0.2) is 0 Å². The Morgan fingerprint density at radius 1 is 1.29 bits per heavy atom. The van der Waals surface area contributed by atoms with Gasteiger partial charge in [-0.3, -0.25) is 0 Å². The van der Waals surface area contributed by atoms with E-state index in [1.54, 1.807) is 0 Å². The van der Waals surface area contributed by atoms with Gasteiger partial charge in [-0.15, -0.1) is 0 Å². The number of hydrogen-bond acceptors (Lipinski definition) is 3. The summed E-state index contributed by atoms with van der Waals surface area (Å²) in [4.78, 5) is 2.49. The number of nitrogens with one attached hydrogen (secondary N) is 1. The van der Waals surface area contributed by atoms with Gasteiger partial charge >= 0.3 is 0 Å². The number of aliphatic hydroxyl groups excluding tert-OH is 1. The van der Waals surface area contributed by atoms with Gasteiger partial charge in [0.25, 0.3) is 0 Å². The van der Waals surface area contributed by atoms with E-state index in [0.717, 1.165) is 31.5 Å². The van der Waals surface area contributed by atoms with Crippen LogP contribution in [-0.4, -0.2) is 48.8 Å². The van der Waals surface area contributed by atoms with Gasteiger partial charge in [-0.1, -0.05) is 13.8 Å². The van der Waals surface area contributed by atoms with Crippen LogP contribution in [0.4, 0.5) is 0 Å². The Hall–Kier alpha value is -0.120. The van der Waals surface area contributed by atoms with Gasteiger partial charge in [0.05, 0.1) is 6.61 Å². The van der Waals surface area contributed by atoms with Gasteiger partial charge in [0.15, 0.2) is 0 Å². The minimum atomic E-state index is 0.253. The zero-order valence-corrected chi connectivity index (χ0v) is 11.8. The van der Waals surface area contributed by atoms with Crippen LogP contribution in [0.25, 0.3) is 0 Å². The SMILES string of the molecule is CCNC(CO)CCN(C)C1CCC(C)CC1. The first-order valence-corrected chi connectivity index (χ1v) is 7.21. The highest BCUT2D eigenvalue weighted by Gasteiger charge is 2.21. The molecule has 0 aromatic heterocycles. The Morgan fingerprint density at radius 3 is 2.47 bits per heavy atom. The zero-order chi connectivity index (χ0) is 12.7. The maximum atomic E-state index is 9.23. The fraction of sp³-hybridized carbons (Fsp3) is 1.00. The van der Waals surface area contributed by atoms with Crippen molar-refractivity contribution in [1.29, 1.82) is 0 Å². The average Bonchev–Trinajstić information content (AvgIpc) is 2.35. The van der Waals surface area contributed by atoms with Gasteiger partial charge in [0, 0.05) is 12.1 Å². The molecule has 17 heavy (non-hydrogen) atoms. The molecule has 1 aliphatic carbocycles. The van der Waals surface area contributed by atoms with Crippen LogP contribution in [0.5, 0.6) is 0 Å². The Balaban J connectivity index is 2.21. The van der Waals surface area contributed by atoms with E-state index in [4.69, 9.17) is 0 Å². The highest BCUT2D eigenvalue weighted by Crippen LogP contribution is 2.26. The monoisotopic (exact) mass is 242 g/mol. The molecule has 0 saturated heterocycles. The third-order valence-electron chi connectivity index (χ3n) is 4.15. The summed E-state index contributed by atoms with van der Waals surface area (Å²) in [7, 11) is 2.24. The van der Waals surface area contributed by atoms with E-state index in [1.807, 2.05) is 0 Å². The van der Waals surface area contributed by atoms with Crippen LogP contribution < -0.4 is 5.32 Å². The second-order valence-electron chi connectivity index (χ2n) is 5.62. The molecule has 0 aliphatic heterocycles. The molecule has 3 heteroatoms. The van der Waals surface area contributed by atoms with E-state index >= 15 is 0 Å². The second-order valence-corrected chi connectivity index (χ2v) is 5.62. The number of aliphatic hydroxyl groups is 1. The lowest BCUT2D eigenvalue weighted by Gasteiger charge is -2.34. The summed E-state index contributed by atoms with van der Waals surface area (Å²) in [5.41, 5.74) is 0. The van der Waals surface area contributed by atoms with E-state index in [9.17, 15) is 5.11 Å². The fourth-order valence-corrected chi connectivity index (χ4v) is 2.77. The van der Waals surface area contributed by atoms with Crippen molar-refractivity contribution in [2.75, 3.05) is 26.7 Å². The second kappa shape index (κ2) is 8.06.